The first-order valence-electron chi connectivity index (χ1n) is 20.9. The van der Waals surface area contributed by atoms with Gasteiger partial charge in [-0.05, 0) is 50.5 Å². The molecule has 0 aromatic rings. The van der Waals surface area contributed by atoms with Crippen molar-refractivity contribution >= 4 is 25.5 Å². The van der Waals surface area contributed by atoms with Gasteiger partial charge in [-0.2, -0.15) is 0 Å². The number of phosphoric acid groups is 1. The number of phosphoric ester groups is 1. The molecule has 318 valence electrons. The molecule has 0 rings (SSSR count). The molecule has 0 aromatic carbocycles. The van der Waals surface area contributed by atoms with Gasteiger partial charge in [0.05, 0.1) is 19.8 Å². The van der Waals surface area contributed by atoms with Gasteiger partial charge in [0, 0.05) is 19.3 Å². The maximum Gasteiger partial charge on any atom is 0.472 e. The first kappa shape index (κ1) is 52.6. The van der Waals surface area contributed by atoms with Gasteiger partial charge in [0.15, 0.2) is 11.9 Å². The van der Waals surface area contributed by atoms with Gasteiger partial charge in [0.25, 0.3) is 0 Å². The predicted octanol–water partition coefficient (Wildman–Crippen LogP) is 9.98. The molecule has 55 heavy (non-hydrogen) atoms. The summed E-state index contributed by atoms with van der Waals surface area (Å²) in [5.41, 5.74) is 0. The van der Waals surface area contributed by atoms with Gasteiger partial charge in [-0.1, -0.05) is 147 Å². The van der Waals surface area contributed by atoms with Gasteiger partial charge in [0.1, 0.15) is 12.7 Å². The molecule has 0 aliphatic carbocycles. The maximum absolute atomic E-state index is 12.6. The van der Waals surface area contributed by atoms with Crippen LogP contribution in [0.3, 0.4) is 0 Å². The molecule has 0 radical (unpaired) electrons. The summed E-state index contributed by atoms with van der Waals surface area (Å²) < 4.78 is 32.6. The molecule has 2 unspecified atom stereocenters. The van der Waals surface area contributed by atoms with Crippen molar-refractivity contribution in [2.75, 3.05) is 26.4 Å². The fourth-order valence-electron chi connectivity index (χ4n) is 5.33. The first-order chi connectivity index (χ1) is 26.5. The zero-order valence-electron chi connectivity index (χ0n) is 34.3. The minimum atomic E-state index is -4.64. The van der Waals surface area contributed by atoms with Crippen molar-refractivity contribution in [3.8, 4) is 0 Å². The number of esters is 2. The van der Waals surface area contributed by atoms with Crippen molar-refractivity contribution in [2.24, 2.45) is 5.92 Å². The lowest BCUT2D eigenvalue weighted by Gasteiger charge is -2.20. The standard InChI is InChI=1S/C43H75O11P/c1-4-6-24-30-39(45)31-26-21-17-13-8-7-9-15-19-23-28-33-43(48)54-41(37-53-55(49,50)52-35-40(46)34-44)36-51-42(47)32-27-22-18-14-11-10-12-16-20-25-29-38(3)5-2/h7-8,15,17,19,21,26,31,38,40-41,44,46H,4-6,9-14,16,18,20,22-25,27-30,32-37H2,1-3H3,(H,49,50)/b8-7-,19-15-,21-17-,31-26+/t38?,40-,41+/m0/s1. The minimum Gasteiger partial charge on any atom is -0.462 e. The lowest BCUT2D eigenvalue weighted by Crippen LogP contribution is -2.29. The van der Waals surface area contributed by atoms with Gasteiger partial charge in [-0.3, -0.25) is 23.4 Å². The maximum atomic E-state index is 12.6. The quantitative estimate of drug-likeness (QED) is 0.0136. The molecule has 0 spiro atoms. The summed E-state index contributed by atoms with van der Waals surface area (Å²) in [5, 5.41) is 18.3. The van der Waals surface area contributed by atoms with Crippen LogP contribution >= 0.6 is 7.82 Å². The van der Waals surface area contributed by atoms with E-state index in [9.17, 15) is 28.9 Å². The number of aliphatic hydroxyl groups is 2. The lowest BCUT2D eigenvalue weighted by molar-refractivity contribution is -0.161. The Hall–Kier alpha value is -2.40. The number of hydrogen-bond acceptors (Lipinski definition) is 10. The number of rotatable bonds is 38. The van der Waals surface area contributed by atoms with E-state index in [-0.39, 0.29) is 25.2 Å². The monoisotopic (exact) mass is 799 g/mol. The van der Waals surface area contributed by atoms with Crippen molar-refractivity contribution in [3.63, 3.8) is 0 Å². The molecule has 0 amide bonds. The molecule has 0 saturated carbocycles. The third-order valence-corrected chi connectivity index (χ3v) is 9.95. The second kappa shape index (κ2) is 37.2. The van der Waals surface area contributed by atoms with Gasteiger partial charge >= 0.3 is 19.8 Å². The van der Waals surface area contributed by atoms with Crippen LogP contribution in [0.25, 0.3) is 0 Å². The van der Waals surface area contributed by atoms with E-state index < -0.39 is 51.8 Å². The van der Waals surface area contributed by atoms with E-state index >= 15 is 0 Å². The largest absolute Gasteiger partial charge is 0.472 e. The Labute approximate surface area is 332 Å². The highest BCUT2D eigenvalue weighted by Crippen LogP contribution is 2.43. The third-order valence-electron chi connectivity index (χ3n) is 9.00. The van der Waals surface area contributed by atoms with E-state index in [4.69, 9.17) is 19.1 Å². The molecule has 0 fully saturated rings. The number of aliphatic hydroxyl groups excluding tert-OH is 2. The smallest absolute Gasteiger partial charge is 0.462 e. The van der Waals surface area contributed by atoms with E-state index in [1.807, 2.05) is 36.5 Å². The summed E-state index contributed by atoms with van der Waals surface area (Å²) in [7, 11) is -4.64. The summed E-state index contributed by atoms with van der Waals surface area (Å²) in [6, 6.07) is 0. The topological polar surface area (TPSA) is 166 Å². The molecule has 0 aromatic heterocycles. The van der Waals surface area contributed by atoms with Crippen LogP contribution in [-0.2, 0) is 37.5 Å². The number of ketones is 1. The van der Waals surface area contributed by atoms with E-state index in [2.05, 4.69) is 25.3 Å². The number of hydrogen-bond donors (Lipinski definition) is 3. The van der Waals surface area contributed by atoms with Crippen LogP contribution in [0.5, 0.6) is 0 Å². The van der Waals surface area contributed by atoms with Crippen LogP contribution in [0.1, 0.15) is 162 Å². The van der Waals surface area contributed by atoms with Crippen LogP contribution in [0.4, 0.5) is 0 Å². The Morgan fingerprint density at radius 1 is 0.673 bits per heavy atom. The molecule has 0 heterocycles. The summed E-state index contributed by atoms with van der Waals surface area (Å²) >= 11 is 0. The predicted molar refractivity (Wildman–Crippen MR) is 219 cm³/mol. The normalized spacial score (nSPS) is 14.9. The second-order valence-corrected chi connectivity index (χ2v) is 15.7. The summed E-state index contributed by atoms with van der Waals surface area (Å²) in [6.07, 6.45) is 33.5. The van der Waals surface area contributed by atoms with Crippen molar-refractivity contribution in [2.45, 2.75) is 174 Å². The highest BCUT2D eigenvalue weighted by Gasteiger charge is 2.27. The second-order valence-electron chi connectivity index (χ2n) is 14.3. The molecule has 0 bridgehead atoms. The van der Waals surface area contributed by atoms with Crippen molar-refractivity contribution in [1.29, 1.82) is 0 Å². The minimum absolute atomic E-state index is 0.0816. The Morgan fingerprint density at radius 3 is 1.91 bits per heavy atom. The van der Waals surface area contributed by atoms with Crippen LogP contribution in [0, 0.1) is 5.92 Å². The number of carbonyl (C=O) groups is 3. The number of carbonyl (C=O) groups excluding carboxylic acids is 3. The summed E-state index contributed by atoms with van der Waals surface area (Å²) in [4.78, 5) is 46.6. The van der Waals surface area contributed by atoms with Crippen molar-refractivity contribution in [1.82, 2.24) is 0 Å². The molecule has 12 heteroatoms. The zero-order chi connectivity index (χ0) is 40.8. The average Bonchev–Trinajstić information content (AvgIpc) is 3.17. The van der Waals surface area contributed by atoms with E-state index in [1.54, 1.807) is 12.2 Å². The average molecular weight is 799 g/mol. The van der Waals surface area contributed by atoms with Crippen LogP contribution in [0.2, 0.25) is 0 Å². The fraction of sp³-hybridized carbons (Fsp3) is 0.744. The van der Waals surface area contributed by atoms with Crippen molar-refractivity contribution in [3.05, 3.63) is 48.6 Å². The summed E-state index contributed by atoms with van der Waals surface area (Å²) in [5.74, 6) is -0.0382. The van der Waals surface area contributed by atoms with Gasteiger partial charge in [0.2, 0.25) is 0 Å². The van der Waals surface area contributed by atoms with Crippen LogP contribution < -0.4 is 0 Å². The fourth-order valence-corrected chi connectivity index (χ4v) is 6.12. The molecule has 0 saturated heterocycles. The van der Waals surface area contributed by atoms with E-state index in [1.165, 1.54) is 51.4 Å². The molecule has 3 N–H and O–H groups in total. The molecule has 11 nitrogen and oxygen atoms in total. The Bertz CT molecular complexity index is 1130. The third kappa shape index (κ3) is 37.0. The van der Waals surface area contributed by atoms with Gasteiger partial charge in [-0.15, -0.1) is 0 Å². The molecule has 0 aliphatic rings. The molecule has 0 aliphatic heterocycles. The molecular weight excluding hydrogens is 723 g/mol. The van der Waals surface area contributed by atoms with Gasteiger partial charge in [-0.25, -0.2) is 4.57 Å². The summed E-state index contributed by atoms with van der Waals surface area (Å²) in [6.45, 7) is 4.46. The number of ether oxygens (including phenoxy) is 2. The molecule has 4 atom stereocenters. The van der Waals surface area contributed by atoms with E-state index in [0.717, 1.165) is 57.3 Å². The van der Waals surface area contributed by atoms with Crippen molar-refractivity contribution < 1.29 is 52.6 Å². The lowest BCUT2D eigenvalue weighted by atomic mass is 9.99. The van der Waals surface area contributed by atoms with Crippen LogP contribution in [0.15, 0.2) is 48.6 Å². The Morgan fingerprint density at radius 2 is 1.25 bits per heavy atom. The highest BCUT2D eigenvalue weighted by molar-refractivity contribution is 7.47. The Balaban J connectivity index is 4.48. The van der Waals surface area contributed by atoms with Crippen LogP contribution in [-0.4, -0.2) is 71.5 Å². The number of allylic oxidation sites excluding steroid dienone is 8. The zero-order valence-corrected chi connectivity index (χ0v) is 35.2. The SMILES string of the molecule is CCCCCC(=O)/C=C/C=C\C/C=C\C/C=C\CCCC(=O)O[C@H](COC(=O)CCCCCCCCCCCCC(C)CC)COP(=O)(O)OC[C@@H](O)CO. The number of unbranched alkanes of at least 4 members (excludes halogenated alkanes) is 12. The van der Waals surface area contributed by atoms with Gasteiger partial charge < -0.3 is 24.6 Å². The molecular formula is C43H75O11P. The van der Waals surface area contributed by atoms with E-state index in [0.29, 0.717) is 25.7 Å². The first-order valence-corrected chi connectivity index (χ1v) is 22.4. The Kier molecular flexibility index (Phi) is 35.6. The highest BCUT2D eigenvalue weighted by atomic mass is 31.2.